The number of hydrogen-bond donors (Lipinski definition) is 4. The molecule has 6 heteroatoms. The Morgan fingerprint density at radius 3 is 2.00 bits per heavy atom. The molecule has 0 saturated heterocycles. The highest BCUT2D eigenvalue weighted by atomic mass is 16.5. The number of allylic oxidation sites excluding steroid dienone is 4. The summed E-state index contributed by atoms with van der Waals surface area (Å²) in [7, 11) is 0. The van der Waals surface area contributed by atoms with Gasteiger partial charge in [0, 0.05) is 17.9 Å². The van der Waals surface area contributed by atoms with Crippen molar-refractivity contribution >= 4 is 11.7 Å². The minimum Gasteiger partial charge on any atom is -0.493 e. The lowest BCUT2D eigenvalue weighted by molar-refractivity contribution is 0.0696. The molecule has 0 amide bonds. The van der Waals surface area contributed by atoms with Gasteiger partial charge in [-0.3, -0.25) is 0 Å². The van der Waals surface area contributed by atoms with Crippen LogP contribution in [0.4, 0.5) is 5.69 Å². The Hall–Kier alpha value is -4.45. The van der Waals surface area contributed by atoms with E-state index in [4.69, 9.17) is 9.84 Å². The molecule has 1 unspecified atom stereocenters. The average molecular weight is 750 g/mol. The van der Waals surface area contributed by atoms with Gasteiger partial charge in [-0.15, -0.1) is 0 Å². The lowest BCUT2D eigenvalue weighted by atomic mass is 9.93. The number of nitrogens with one attached hydrogen (secondary N) is 3. The molecule has 4 aliphatic rings. The van der Waals surface area contributed by atoms with Crippen LogP contribution in [0.25, 0.3) is 0 Å². The molecule has 300 valence electrons. The Morgan fingerprint density at radius 1 is 0.818 bits per heavy atom. The van der Waals surface area contributed by atoms with Crippen LogP contribution in [0.1, 0.15) is 140 Å². The molecule has 0 aliphatic heterocycles. The van der Waals surface area contributed by atoms with E-state index >= 15 is 0 Å². The monoisotopic (exact) mass is 750 g/mol. The second-order valence-electron chi connectivity index (χ2n) is 14.4. The minimum atomic E-state index is -0.923. The molecule has 0 spiro atoms. The van der Waals surface area contributed by atoms with Gasteiger partial charge in [-0.25, -0.2) is 4.79 Å². The number of carbonyl (C=O) groups is 1. The number of rotatable bonds is 16. The average Bonchev–Trinajstić information content (AvgIpc) is 3.95. The Labute approximate surface area is 334 Å². The third-order valence-corrected chi connectivity index (χ3v) is 10.1. The van der Waals surface area contributed by atoms with Crippen LogP contribution in [0.3, 0.4) is 0 Å². The Kier molecular flexibility index (Phi) is 21.5. The summed E-state index contributed by atoms with van der Waals surface area (Å²) in [4.78, 5) is 11.1. The second-order valence-corrected chi connectivity index (χ2v) is 14.4. The molecule has 4 aliphatic carbocycles. The van der Waals surface area contributed by atoms with E-state index in [1.165, 1.54) is 67.3 Å². The van der Waals surface area contributed by atoms with Gasteiger partial charge in [0.2, 0.25) is 0 Å². The number of anilines is 1. The zero-order valence-corrected chi connectivity index (χ0v) is 34.7. The molecule has 1 atom stereocenters. The molecule has 0 aromatic heterocycles. The van der Waals surface area contributed by atoms with Crippen LogP contribution in [0, 0.1) is 5.92 Å². The standard InChI is InChI=1S/C33H41N3O3.C8H10.C4H8.2C2H6/c37-32(38)28-13-17-31(18-14-28)39-24-27(8-5-21-34-23-26-6-4-7-26)22-25-11-15-30(16-12-25)36-33(19-20-33)35-29-9-2-1-3-10-29;1-2-8-6-4-3-5-7-8;1-2-4-3-1;2*1-2/h2,9-18,23,27,34-36H,1,3-8,19-22,24H2,(H,37,38);3-7H,2H2,1H3;1-4H2;2*1-2H3. The van der Waals surface area contributed by atoms with Gasteiger partial charge in [0.1, 0.15) is 11.4 Å². The molecule has 7 rings (SSSR count). The zero-order valence-electron chi connectivity index (χ0n) is 34.7. The van der Waals surface area contributed by atoms with Gasteiger partial charge in [0.15, 0.2) is 0 Å². The van der Waals surface area contributed by atoms with E-state index in [2.05, 4.69) is 95.8 Å². The molecule has 3 fully saturated rings. The fraction of sp³-hybridized carbons (Fsp3) is 0.490. The molecule has 0 bridgehead atoms. The van der Waals surface area contributed by atoms with Gasteiger partial charge in [-0.2, -0.15) is 0 Å². The van der Waals surface area contributed by atoms with E-state index in [9.17, 15) is 4.79 Å². The smallest absolute Gasteiger partial charge is 0.335 e. The summed E-state index contributed by atoms with van der Waals surface area (Å²) in [5.41, 5.74) is 6.86. The van der Waals surface area contributed by atoms with Gasteiger partial charge in [-0.05, 0) is 136 Å². The lowest BCUT2D eigenvalue weighted by Gasteiger charge is -2.24. The van der Waals surface area contributed by atoms with Crippen LogP contribution in [-0.2, 0) is 12.8 Å². The molecule has 3 aromatic rings. The summed E-state index contributed by atoms with van der Waals surface area (Å²) in [6.45, 7) is 11.7. The largest absolute Gasteiger partial charge is 0.493 e. The summed E-state index contributed by atoms with van der Waals surface area (Å²) < 4.78 is 6.11. The molecular weight excluding hydrogens is 679 g/mol. The van der Waals surface area contributed by atoms with Gasteiger partial charge in [0.25, 0.3) is 0 Å². The maximum absolute atomic E-state index is 11.1. The molecule has 6 nitrogen and oxygen atoms in total. The second kappa shape index (κ2) is 26.4. The van der Waals surface area contributed by atoms with Gasteiger partial charge >= 0.3 is 5.97 Å². The highest BCUT2D eigenvalue weighted by Gasteiger charge is 2.43. The molecule has 3 saturated carbocycles. The SMILES string of the molecule is C1CCC1.CC.CC.CCc1ccccc1.O=C(O)c1ccc(OCC(CCCNC=C2CCC2)Cc2ccc(NC3(NC4=CCCC=C4)CC3)cc2)cc1. The van der Waals surface area contributed by atoms with Crippen molar-refractivity contribution in [3.8, 4) is 5.75 Å². The van der Waals surface area contributed by atoms with Crippen LogP contribution in [-0.4, -0.2) is 29.9 Å². The summed E-state index contributed by atoms with van der Waals surface area (Å²) in [6, 6.07) is 26.0. The van der Waals surface area contributed by atoms with Crippen molar-refractivity contribution in [1.82, 2.24) is 10.6 Å². The van der Waals surface area contributed by atoms with Crippen molar-refractivity contribution in [2.24, 2.45) is 5.92 Å². The number of ether oxygens (including phenoxy) is 1. The number of carboxylic acid groups (broad SMARTS) is 1. The van der Waals surface area contributed by atoms with Crippen molar-refractivity contribution in [3.63, 3.8) is 0 Å². The first-order chi connectivity index (χ1) is 27.0. The van der Waals surface area contributed by atoms with Crippen molar-refractivity contribution in [3.05, 3.63) is 131 Å². The number of carboxylic acids is 1. The predicted molar refractivity (Wildman–Crippen MR) is 234 cm³/mol. The molecule has 0 radical (unpaired) electrons. The van der Waals surface area contributed by atoms with Crippen molar-refractivity contribution in [2.45, 2.75) is 137 Å². The van der Waals surface area contributed by atoms with Gasteiger partial charge in [0.05, 0.1) is 12.2 Å². The quantitative estimate of drug-likeness (QED) is 0.0862. The van der Waals surface area contributed by atoms with E-state index < -0.39 is 5.97 Å². The highest BCUT2D eigenvalue weighted by Crippen LogP contribution is 2.37. The number of hydrogen-bond acceptors (Lipinski definition) is 5. The summed E-state index contributed by atoms with van der Waals surface area (Å²) in [6.07, 6.45) is 27.4. The van der Waals surface area contributed by atoms with E-state index in [0.717, 1.165) is 63.6 Å². The maximum atomic E-state index is 11.1. The Bertz CT molecular complexity index is 1540. The van der Waals surface area contributed by atoms with Crippen LogP contribution in [0.2, 0.25) is 0 Å². The molecule has 3 aromatic carbocycles. The van der Waals surface area contributed by atoms with Crippen LogP contribution < -0.4 is 20.7 Å². The third-order valence-electron chi connectivity index (χ3n) is 10.1. The van der Waals surface area contributed by atoms with Crippen LogP contribution in [0.5, 0.6) is 5.75 Å². The summed E-state index contributed by atoms with van der Waals surface area (Å²) >= 11 is 0. The predicted octanol–water partition coefficient (Wildman–Crippen LogP) is 12.6. The number of aryl methyl sites for hydroxylation is 1. The minimum absolute atomic E-state index is 0.0244. The maximum Gasteiger partial charge on any atom is 0.335 e. The van der Waals surface area contributed by atoms with Gasteiger partial charge in [-0.1, -0.05) is 120 Å². The first kappa shape index (κ1) is 44.9. The molecule has 0 heterocycles. The summed E-state index contributed by atoms with van der Waals surface area (Å²) in [5.74, 6) is 0.151. The first-order valence-corrected chi connectivity index (χ1v) is 21.4. The number of benzene rings is 3. The third kappa shape index (κ3) is 17.7. The van der Waals surface area contributed by atoms with Gasteiger partial charge < -0.3 is 25.8 Å². The van der Waals surface area contributed by atoms with Crippen molar-refractivity contribution < 1.29 is 14.6 Å². The summed E-state index contributed by atoms with van der Waals surface area (Å²) in [5, 5.41) is 20.0. The topological polar surface area (TPSA) is 82.6 Å². The van der Waals surface area contributed by atoms with Crippen molar-refractivity contribution in [1.29, 1.82) is 0 Å². The van der Waals surface area contributed by atoms with E-state index in [1.807, 2.05) is 33.8 Å². The van der Waals surface area contributed by atoms with E-state index in [0.29, 0.717) is 18.3 Å². The van der Waals surface area contributed by atoms with Crippen molar-refractivity contribution in [2.75, 3.05) is 18.5 Å². The van der Waals surface area contributed by atoms with Crippen LogP contribution in [0.15, 0.2) is 115 Å². The first-order valence-electron chi connectivity index (χ1n) is 21.4. The normalized spacial score (nSPS) is 15.9. The Morgan fingerprint density at radius 2 is 1.49 bits per heavy atom. The fourth-order valence-corrected chi connectivity index (χ4v) is 6.07. The Balaban J connectivity index is 0.000000424. The molecule has 55 heavy (non-hydrogen) atoms. The fourth-order valence-electron chi connectivity index (χ4n) is 6.07. The van der Waals surface area contributed by atoms with E-state index in [-0.39, 0.29) is 11.2 Å². The van der Waals surface area contributed by atoms with Crippen LogP contribution >= 0.6 is 0 Å². The number of aromatic carboxylic acids is 1. The molecule has 4 N–H and O–H groups in total. The highest BCUT2D eigenvalue weighted by molar-refractivity contribution is 5.87. The van der Waals surface area contributed by atoms with E-state index in [1.54, 1.807) is 24.3 Å². The lowest BCUT2D eigenvalue weighted by Crippen LogP contribution is -2.37. The molecular formula is C49H71N3O3. The zero-order chi connectivity index (χ0) is 39.6.